The third-order valence-electron chi connectivity index (χ3n) is 4.88. The maximum atomic E-state index is 11.8. The number of methoxy groups -OCH3 is 3. The second-order valence-corrected chi connectivity index (χ2v) is 6.57. The number of rotatable bonds is 8. The van der Waals surface area contributed by atoms with Crippen LogP contribution in [0.25, 0.3) is 0 Å². The topological polar surface area (TPSA) is 84.4 Å². The van der Waals surface area contributed by atoms with Crippen molar-refractivity contribution in [2.75, 3.05) is 48.0 Å². The average Bonchev–Trinajstić information content (AvgIpc) is 3.20. The van der Waals surface area contributed by atoms with E-state index in [1.165, 1.54) is 0 Å². The summed E-state index contributed by atoms with van der Waals surface area (Å²) in [5.41, 5.74) is 1.02. The van der Waals surface area contributed by atoms with Crippen LogP contribution < -0.4 is 24.8 Å². The second-order valence-electron chi connectivity index (χ2n) is 6.57. The Balaban J connectivity index is 0.00000420. The molecule has 1 saturated heterocycles. The number of carbonyl (C=O) groups is 1. The minimum absolute atomic E-state index is 0. The van der Waals surface area contributed by atoms with Crippen molar-refractivity contribution in [1.29, 1.82) is 0 Å². The van der Waals surface area contributed by atoms with Crippen molar-refractivity contribution in [2.24, 2.45) is 4.99 Å². The van der Waals surface area contributed by atoms with Crippen LogP contribution in [0, 0.1) is 0 Å². The zero-order chi connectivity index (χ0) is 20.5. The third-order valence-corrected chi connectivity index (χ3v) is 4.88. The molecule has 1 aromatic carbocycles. The molecule has 1 unspecified atom stereocenters. The highest BCUT2D eigenvalue weighted by atomic mass is 127. The number of nitrogens with one attached hydrogen (secondary N) is 2. The van der Waals surface area contributed by atoms with Gasteiger partial charge in [-0.15, -0.1) is 24.0 Å². The summed E-state index contributed by atoms with van der Waals surface area (Å²) in [7, 11) is 6.57. The number of nitrogens with zero attached hydrogens (tertiary/aromatic N) is 2. The number of carbonyl (C=O) groups excluding carboxylic acids is 1. The van der Waals surface area contributed by atoms with Crippen LogP contribution in [-0.2, 0) is 11.2 Å². The molecule has 1 aliphatic heterocycles. The van der Waals surface area contributed by atoms with Crippen molar-refractivity contribution in [3.63, 3.8) is 0 Å². The molecule has 1 aromatic rings. The van der Waals surface area contributed by atoms with Gasteiger partial charge in [0.25, 0.3) is 0 Å². The predicted molar refractivity (Wildman–Crippen MR) is 125 cm³/mol. The van der Waals surface area contributed by atoms with Gasteiger partial charge in [-0.25, -0.2) is 0 Å². The van der Waals surface area contributed by atoms with Crippen LogP contribution in [0.2, 0.25) is 0 Å². The molecular formula is C20H33IN4O4. The van der Waals surface area contributed by atoms with E-state index in [4.69, 9.17) is 14.2 Å². The summed E-state index contributed by atoms with van der Waals surface area (Å²) in [6, 6.07) is 4.07. The van der Waals surface area contributed by atoms with Crippen LogP contribution in [0.5, 0.6) is 17.2 Å². The van der Waals surface area contributed by atoms with Crippen LogP contribution in [0.3, 0.4) is 0 Å². The van der Waals surface area contributed by atoms with Crippen LogP contribution in [-0.4, -0.2) is 70.8 Å². The molecule has 2 N–H and O–H groups in total. The molecule has 0 aromatic heterocycles. The normalized spacial score (nSPS) is 16.1. The van der Waals surface area contributed by atoms with Crippen molar-refractivity contribution in [3.8, 4) is 17.2 Å². The molecule has 0 spiro atoms. The van der Waals surface area contributed by atoms with Gasteiger partial charge in [0, 0.05) is 44.7 Å². The predicted octanol–water partition coefficient (Wildman–Crippen LogP) is 2.05. The lowest BCUT2D eigenvalue weighted by Gasteiger charge is -2.19. The Kier molecular flexibility index (Phi) is 10.9. The summed E-state index contributed by atoms with van der Waals surface area (Å²) in [4.78, 5) is 18.0. The van der Waals surface area contributed by atoms with Gasteiger partial charge in [-0.2, -0.15) is 0 Å². The molecule has 29 heavy (non-hydrogen) atoms. The quantitative estimate of drug-likeness (QED) is 0.310. The molecule has 0 bridgehead atoms. The van der Waals surface area contributed by atoms with Crippen LogP contribution >= 0.6 is 24.0 Å². The lowest BCUT2D eigenvalue weighted by Crippen LogP contribution is -2.45. The van der Waals surface area contributed by atoms with Gasteiger partial charge in [-0.1, -0.05) is 13.0 Å². The largest absolute Gasteiger partial charge is 0.493 e. The first-order chi connectivity index (χ1) is 13.6. The number of halogens is 1. The summed E-state index contributed by atoms with van der Waals surface area (Å²) in [6.07, 6.45) is 2.21. The highest BCUT2D eigenvalue weighted by Crippen LogP contribution is 2.39. The molecule has 2 rings (SSSR count). The van der Waals surface area contributed by atoms with E-state index in [-0.39, 0.29) is 35.9 Å². The third kappa shape index (κ3) is 6.55. The standard InChI is InChI=1S/C20H32N4O4.HI/c1-6-17(25)24-12-10-15(13-24)23-20(21-2)22-11-9-14-7-8-16(26-3)19(28-5)18(14)27-4;/h7-8,15H,6,9-13H2,1-5H3,(H2,21,22,23);1H. The van der Waals surface area contributed by atoms with Crippen LogP contribution in [0.15, 0.2) is 17.1 Å². The SMILES string of the molecule is CCC(=O)N1CCC(NC(=NC)NCCc2ccc(OC)c(OC)c2OC)C1.I. The fourth-order valence-electron chi connectivity index (χ4n) is 3.39. The molecule has 1 fully saturated rings. The lowest BCUT2D eigenvalue weighted by molar-refractivity contribution is -0.129. The zero-order valence-corrected chi connectivity index (χ0v) is 20.2. The van der Waals surface area contributed by atoms with Gasteiger partial charge in [0.05, 0.1) is 21.3 Å². The summed E-state index contributed by atoms with van der Waals surface area (Å²) in [5.74, 6) is 2.84. The average molecular weight is 520 g/mol. The summed E-state index contributed by atoms with van der Waals surface area (Å²) < 4.78 is 16.3. The molecule has 164 valence electrons. The molecule has 1 atom stereocenters. The van der Waals surface area contributed by atoms with Gasteiger partial charge in [0.2, 0.25) is 11.7 Å². The maximum Gasteiger partial charge on any atom is 0.222 e. The number of amides is 1. The molecule has 0 radical (unpaired) electrons. The number of hydrogen-bond donors (Lipinski definition) is 2. The van der Waals surface area contributed by atoms with Gasteiger partial charge in [-0.05, 0) is 18.9 Å². The monoisotopic (exact) mass is 520 g/mol. The first-order valence-electron chi connectivity index (χ1n) is 9.60. The van der Waals surface area contributed by atoms with Crippen molar-refractivity contribution < 1.29 is 19.0 Å². The van der Waals surface area contributed by atoms with E-state index >= 15 is 0 Å². The van der Waals surface area contributed by atoms with Crippen molar-refractivity contribution in [2.45, 2.75) is 32.2 Å². The zero-order valence-electron chi connectivity index (χ0n) is 17.9. The van der Waals surface area contributed by atoms with Gasteiger partial charge in [-0.3, -0.25) is 9.79 Å². The van der Waals surface area contributed by atoms with Crippen LogP contribution in [0.4, 0.5) is 0 Å². The van der Waals surface area contributed by atoms with E-state index in [0.717, 1.165) is 37.5 Å². The Bertz CT molecular complexity index is 699. The number of guanidine groups is 1. The molecule has 1 amide bonds. The molecule has 9 heteroatoms. The second kappa shape index (κ2) is 12.6. The Hall–Kier alpha value is -1.91. The Morgan fingerprint density at radius 2 is 1.93 bits per heavy atom. The minimum Gasteiger partial charge on any atom is -0.493 e. The highest BCUT2D eigenvalue weighted by molar-refractivity contribution is 14.0. The van der Waals surface area contributed by atoms with E-state index in [9.17, 15) is 4.79 Å². The number of benzene rings is 1. The van der Waals surface area contributed by atoms with Crippen molar-refractivity contribution in [3.05, 3.63) is 17.7 Å². The maximum absolute atomic E-state index is 11.8. The number of ether oxygens (including phenoxy) is 3. The number of aliphatic imine (C=N–C) groups is 1. The van der Waals surface area contributed by atoms with Crippen molar-refractivity contribution >= 4 is 35.8 Å². The smallest absolute Gasteiger partial charge is 0.222 e. The molecular weight excluding hydrogens is 487 g/mol. The minimum atomic E-state index is 0. The van der Waals surface area contributed by atoms with E-state index in [1.807, 2.05) is 24.0 Å². The summed E-state index contributed by atoms with van der Waals surface area (Å²) in [6.45, 7) is 4.09. The Morgan fingerprint density at radius 3 is 2.52 bits per heavy atom. The van der Waals surface area contributed by atoms with E-state index in [2.05, 4.69) is 15.6 Å². The summed E-state index contributed by atoms with van der Waals surface area (Å²) in [5, 5.41) is 6.73. The molecule has 1 heterocycles. The van der Waals surface area contributed by atoms with E-state index in [1.54, 1.807) is 28.4 Å². The Labute approximate surface area is 190 Å². The highest BCUT2D eigenvalue weighted by Gasteiger charge is 2.25. The number of likely N-dealkylation sites (tertiary alicyclic amines) is 1. The van der Waals surface area contributed by atoms with Gasteiger partial charge in [0.1, 0.15) is 0 Å². The van der Waals surface area contributed by atoms with Gasteiger partial charge >= 0.3 is 0 Å². The first-order valence-corrected chi connectivity index (χ1v) is 9.60. The first kappa shape index (κ1) is 25.1. The fraction of sp³-hybridized carbons (Fsp3) is 0.600. The Morgan fingerprint density at radius 1 is 1.21 bits per heavy atom. The van der Waals surface area contributed by atoms with Crippen molar-refractivity contribution in [1.82, 2.24) is 15.5 Å². The van der Waals surface area contributed by atoms with Crippen LogP contribution in [0.1, 0.15) is 25.3 Å². The van der Waals surface area contributed by atoms with Gasteiger partial charge < -0.3 is 29.7 Å². The molecule has 8 nitrogen and oxygen atoms in total. The molecule has 1 aliphatic rings. The fourth-order valence-corrected chi connectivity index (χ4v) is 3.39. The van der Waals surface area contributed by atoms with Gasteiger partial charge in [0.15, 0.2) is 17.5 Å². The molecule has 0 saturated carbocycles. The number of hydrogen-bond acceptors (Lipinski definition) is 5. The lowest BCUT2D eigenvalue weighted by atomic mass is 10.1. The summed E-state index contributed by atoms with van der Waals surface area (Å²) >= 11 is 0. The van der Waals surface area contributed by atoms with E-state index in [0.29, 0.717) is 30.2 Å². The van der Waals surface area contributed by atoms with E-state index < -0.39 is 0 Å². The molecule has 0 aliphatic carbocycles.